The molecule has 1 fully saturated rings. The topological polar surface area (TPSA) is 133 Å². The van der Waals surface area contributed by atoms with Crippen molar-refractivity contribution in [2.24, 2.45) is 0 Å². The lowest BCUT2D eigenvalue weighted by Crippen LogP contribution is -2.30. The highest BCUT2D eigenvalue weighted by atomic mass is 35.5. The van der Waals surface area contributed by atoms with E-state index in [1.165, 1.54) is 4.57 Å². The van der Waals surface area contributed by atoms with Gasteiger partial charge in [-0.1, -0.05) is 29.8 Å². The highest BCUT2D eigenvalue weighted by Crippen LogP contribution is 2.55. The Kier molecular flexibility index (Phi) is 6.35. The number of aryl methyl sites for hydroxylation is 1. The third-order valence-corrected chi connectivity index (χ3v) is 8.50. The lowest BCUT2D eigenvalue weighted by Gasteiger charge is -2.10. The van der Waals surface area contributed by atoms with Crippen molar-refractivity contribution >= 4 is 34.1 Å². The van der Waals surface area contributed by atoms with E-state index < -0.39 is 5.69 Å². The van der Waals surface area contributed by atoms with E-state index in [0.717, 1.165) is 45.4 Å². The van der Waals surface area contributed by atoms with Crippen LogP contribution in [-0.4, -0.2) is 46.7 Å². The van der Waals surface area contributed by atoms with Gasteiger partial charge in [-0.05, 0) is 66.3 Å². The molecule has 1 amide bonds. The third kappa shape index (κ3) is 4.53. The number of imidazole rings is 2. The summed E-state index contributed by atoms with van der Waals surface area (Å²) in [4.78, 5) is 36.0. The zero-order valence-corrected chi connectivity index (χ0v) is 23.5. The normalized spacial score (nSPS) is 16.3. The Labute approximate surface area is 245 Å². The first-order chi connectivity index (χ1) is 20.4. The molecule has 0 radical (unpaired) electrons. The number of nitrogens with zero attached hydrogens (tertiary/aromatic N) is 4. The van der Waals surface area contributed by atoms with Crippen molar-refractivity contribution in [3.05, 3.63) is 116 Å². The molecule has 0 saturated heterocycles. The van der Waals surface area contributed by atoms with Crippen LogP contribution in [0.5, 0.6) is 5.88 Å². The van der Waals surface area contributed by atoms with Crippen molar-refractivity contribution < 1.29 is 9.90 Å². The highest BCUT2D eigenvalue weighted by Gasteiger charge is 2.42. The van der Waals surface area contributed by atoms with Crippen LogP contribution in [0.2, 0.25) is 5.02 Å². The van der Waals surface area contributed by atoms with Gasteiger partial charge in [-0.3, -0.25) is 9.36 Å². The first-order valence-electron chi connectivity index (χ1n) is 13.8. The molecule has 1 aliphatic rings. The standard InChI is InChI=1S/C31H28ClN7O3/c1-17-7-8-18(12-21(17)22-14-23(22)26-16-34-27-6-3-9-36-39(26)27)29(40)33-10-11-38-30(41)25(37-31(38)42)13-19-15-35-28-20(19)4-2-5-24(28)32/h2-9,12,15-16,22-23,35,41H,10-11,13-14H2,1H3,(H,33,40)(H,37,42). The summed E-state index contributed by atoms with van der Waals surface area (Å²) in [6, 6.07) is 15.1. The SMILES string of the molecule is Cc1ccc(C(=O)NCCn2c(O)c(Cc3c[nH]c4c(Cl)cccc34)[nH]c2=O)cc1C1CC1c1cnc2cccnn12. The van der Waals surface area contributed by atoms with Crippen LogP contribution in [0.4, 0.5) is 0 Å². The second kappa shape index (κ2) is 10.2. The number of carbonyl (C=O) groups excluding carboxylic acids is 1. The number of aromatic nitrogens is 6. The number of hydrogen-bond donors (Lipinski definition) is 4. The van der Waals surface area contributed by atoms with Gasteiger partial charge in [-0.2, -0.15) is 5.10 Å². The molecule has 212 valence electrons. The first-order valence-corrected chi connectivity index (χ1v) is 14.2. The predicted octanol–water partition coefficient (Wildman–Crippen LogP) is 4.66. The van der Waals surface area contributed by atoms with Crippen LogP contribution in [0.25, 0.3) is 16.6 Å². The maximum atomic E-state index is 13.1. The summed E-state index contributed by atoms with van der Waals surface area (Å²) in [5.74, 6) is 0.209. The molecule has 4 aromatic heterocycles. The second-order valence-corrected chi connectivity index (χ2v) is 11.2. The van der Waals surface area contributed by atoms with E-state index in [4.69, 9.17) is 11.6 Å². The molecule has 6 aromatic rings. The highest BCUT2D eigenvalue weighted by molar-refractivity contribution is 6.35. The van der Waals surface area contributed by atoms with Crippen molar-refractivity contribution in [1.82, 2.24) is 34.4 Å². The second-order valence-electron chi connectivity index (χ2n) is 10.8. The summed E-state index contributed by atoms with van der Waals surface area (Å²) in [6.45, 7) is 2.36. The van der Waals surface area contributed by atoms with E-state index in [-0.39, 0.29) is 24.9 Å². The molecule has 1 aliphatic carbocycles. The maximum absolute atomic E-state index is 13.1. The van der Waals surface area contributed by atoms with Gasteiger partial charge in [0.25, 0.3) is 5.91 Å². The van der Waals surface area contributed by atoms with Gasteiger partial charge in [0, 0.05) is 48.8 Å². The molecule has 0 bridgehead atoms. The minimum absolute atomic E-state index is 0.122. The Morgan fingerprint density at radius 3 is 2.95 bits per heavy atom. The number of hydrogen-bond acceptors (Lipinski definition) is 5. The van der Waals surface area contributed by atoms with Crippen LogP contribution in [0.1, 0.15) is 56.7 Å². The van der Waals surface area contributed by atoms with Crippen molar-refractivity contribution in [3.8, 4) is 5.88 Å². The van der Waals surface area contributed by atoms with Crippen molar-refractivity contribution in [2.75, 3.05) is 6.54 Å². The number of amides is 1. The number of halogens is 1. The van der Waals surface area contributed by atoms with Gasteiger partial charge in [0.05, 0.1) is 28.1 Å². The van der Waals surface area contributed by atoms with Crippen LogP contribution < -0.4 is 11.0 Å². The molecule has 2 atom stereocenters. The quantitative estimate of drug-likeness (QED) is 0.207. The number of benzene rings is 2. The number of carbonyl (C=O) groups is 1. The molecule has 1 saturated carbocycles. The van der Waals surface area contributed by atoms with Gasteiger partial charge < -0.3 is 20.4 Å². The molecule has 11 heteroatoms. The smallest absolute Gasteiger partial charge is 0.328 e. The molecular weight excluding hydrogens is 554 g/mol. The largest absolute Gasteiger partial charge is 0.493 e. The van der Waals surface area contributed by atoms with Gasteiger partial charge in [0.1, 0.15) is 0 Å². The lowest BCUT2D eigenvalue weighted by molar-refractivity contribution is 0.0951. The molecular formula is C31H28ClN7O3. The van der Waals surface area contributed by atoms with Crippen LogP contribution in [0.15, 0.2) is 71.9 Å². The van der Waals surface area contributed by atoms with Gasteiger partial charge in [0.2, 0.25) is 5.88 Å². The zero-order valence-electron chi connectivity index (χ0n) is 22.8. The van der Waals surface area contributed by atoms with E-state index in [1.807, 2.05) is 59.4 Å². The van der Waals surface area contributed by atoms with Crippen molar-refractivity contribution in [1.29, 1.82) is 0 Å². The minimum Gasteiger partial charge on any atom is -0.493 e. The van der Waals surface area contributed by atoms with Crippen molar-refractivity contribution in [3.63, 3.8) is 0 Å². The summed E-state index contributed by atoms with van der Waals surface area (Å²) in [5.41, 5.74) is 6.40. The number of rotatable bonds is 8. The Morgan fingerprint density at radius 1 is 1.19 bits per heavy atom. The van der Waals surface area contributed by atoms with Gasteiger partial charge >= 0.3 is 5.69 Å². The van der Waals surface area contributed by atoms with Crippen LogP contribution in [0.3, 0.4) is 0 Å². The first kappa shape index (κ1) is 26.1. The Morgan fingerprint density at radius 2 is 2.07 bits per heavy atom. The number of aromatic amines is 2. The van der Waals surface area contributed by atoms with E-state index in [9.17, 15) is 14.7 Å². The number of nitrogens with one attached hydrogen (secondary N) is 3. The van der Waals surface area contributed by atoms with Gasteiger partial charge in [0.15, 0.2) is 5.65 Å². The Balaban J connectivity index is 1.01. The summed E-state index contributed by atoms with van der Waals surface area (Å²) in [5, 5.41) is 19.7. The Bertz CT molecular complexity index is 2040. The fourth-order valence-electron chi connectivity index (χ4n) is 5.88. The van der Waals surface area contributed by atoms with Crippen molar-refractivity contribution in [2.45, 2.75) is 38.1 Å². The van der Waals surface area contributed by atoms with Gasteiger partial charge in [-0.15, -0.1) is 0 Å². The van der Waals surface area contributed by atoms with Crippen LogP contribution >= 0.6 is 11.6 Å². The summed E-state index contributed by atoms with van der Waals surface area (Å²) in [6.07, 6.45) is 6.76. The Hall–Kier alpha value is -4.83. The van der Waals surface area contributed by atoms with E-state index in [1.54, 1.807) is 12.3 Å². The summed E-state index contributed by atoms with van der Waals surface area (Å²) in [7, 11) is 0. The van der Waals surface area contributed by atoms with E-state index in [0.29, 0.717) is 34.5 Å². The summed E-state index contributed by atoms with van der Waals surface area (Å²) >= 11 is 6.26. The predicted molar refractivity (Wildman–Crippen MR) is 159 cm³/mol. The molecule has 0 spiro atoms. The molecule has 2 unspecified atom stereocenters. The van der Waals surface area contributed by atoms with Crippen LogP contribution in [-0.2, 0) is 13.0 Å². The molecule has 0 aliphatic heterocycles. The summed E-state index contributed by atoms with van der Waals surface area (Å²) < 4.78 is 3.12. The van der Waals surface area contributed by atoms with E-state index in [2.05, 4.69) is 32.3 Å². The van der Waals surface area contributed by atoms with Gasteiger partial charge in [-0.25, -0.2) is 14.3 Å². The third-order valence-electron chi connectivity index (χ3n) is 8.18. The van der Waals surface area contributed by atoms with E-state index >= 15 is 0 Å². The molecule has 4 N–H and O–H groups in total. The average molecular weight is 582 g/mol. The minimum atomic E-state index is -0.436. The maximum Gasteiger partial charge on any atom is 0.328 e. The average Bonchev–Trinajstić information content (AvgIpc) is 3.33. The fourth-order valence-corrected chi connectivity index (χ4v) is 6.11. The molecule has 4 heterocycles. The van der Waals surface area contributed by atoms with Crippen LogP contribution in [0, 0.1) is 6.92 Å². The number of aromatic hydroxyl groups is 1. The number of H-pyrrole nitrogens is 2. The molecule has 42 heavy (non-hydrogen) atoms. The fraction of sp³-hybridized carbons (Fsp3) is 0.226. The molecule has 2 aromatic carbocycles. The molecule has 10 nitrogen and oxygen atoms in total. The lowest BCUT2D eigenvalue weighted by atomic mass is 9.99. The molecule has 7 rings (SSSR count). The zero-order chi connectivity index (χ0) is 29.0. The monoisotopic (exact) mass is 581 g/mol. The number of para-hydroxylation sites is 1. The number of fused-ring (bicyclic) bond motifs is 2.